The Bertz CT molecular complexity index is 566. The van der Waals surface area contributed by atoms with Crippen molar-refractivity contribution in [1.82, 2.24) is 4.98 Å². The van der Waals surface area contributed by atoms with E-state index in [9.17, 15) is 4.79 Å². The highest BCUT2D eigenvalue weighted by Gasteiger charge is 2.10. The lowest BCUT2D eigenvalue weighted by Crippen LogP contribution is -2.03. The maximum Gasteiger partial charge on any atom is 0.305 e. The van der Waals surface area contributed by atoms with Crippen LogP contribution in [0, 0.1) is 0 Å². The molecule has 1 heterocycles. The minimum Gasteiger partial charge on any atom is -0.496 e. The van der Waals surface area contributed by atoms with Gasteiger partial charge < -0.3 is 9.47 Å². The van der Waals surface area contributed by atoms with Crippen LogP contribution in [0.3, 0.4) is 0 Å². The van der Waals surface area contributed by atoms with Gasteiger partial charge in [0.15, 0.2) is 0 Å². The van der Waals surface area contributed by atoms with Crippen molar-refractivity contribution in [2.75, 3.05) is 14.2 Å². The van der Waals surface area contributed by atoms with Gasteiger partial charge in [0.25, 0.3) is 0 Å². The summed E-state index contributed by atoms with van der Waals surface area (Å²) in [5, 5.41) is 2.10. The summed E-state index contributed by atoms with van der Waals surface area (Å²) in [6.45, 7) is 0. The standard InChI is InChI=1S/C14H15NO3/c1-17-13-5-3-10-7-8-15-9-12(10)11(13)4-6-14(16)18-2/h3,5,7-9H,4,6H2,1-2H3. The molecule has 0 fully saturated rings. The number of pyridine rings is 1. The zero-order valence-corrected chi connectivity index (χ0v) is 10.5. The first-order valence-electron chi connectivity index (χ1n) is 5.72. The molecule has 2 aromatic rings. The molecule has 4 nitrogen and oxygen atoms in total. The molecule has 0 aliphatic heterocycles. The first kappa shape index (κ1) is 12.4. The van der Waals surface area contributed by atoms with Gasteiger partial charge in [0, 0.05) is 29.8 Å². The van der Waals surface area contributed by atoms with Crippen molar-refractivity contribution in [3.8, 4) is 5.75 Å². The number of fused-ring (bicyclic) bond motifs is 1. The maximum atomic E-state index is 11.2. The Morgan fingerprint density at radius 2 is 2.11 bits per heavy atom. The molecule has 0 saturated carbocycles. The molecule has 0 spiro atoms. The van der Waals surface area contributed by atoms with Crippen molar-refractivity contribution in [2.24, 2.45) is 0 Å². The van der Waals surface area contributed by atoms with E-state index in [-0.39, 0.29) is 5.97 Å². The minimum atomic E-state index is -0.224. The molecular formula is C14H15NO3. The molecule has 0 aliphatic rings. The average Bonchev–Trinajstić information content (AvgIpc) is 2.44. The first-order chi connectivity index (χ1) is 8.76. The number of aromatic nitrogens is 1. The van der Waals surface area contributed by atoms with E-state index < -0.39 is 0 Å². The van der Waals surface area contributed by atoms with Crippen LogP contribution in [0.15, 0.2) is 30.6 Å². The zero-order chi connectivity index (χ0) is 13.0. The average molecular weight is 245 g/mol. The number of esters is 1. The number of aryl methyl sites for hydroxylation is 1. The lowest BCUT2D eigenvalue weighted by Gasteiger charge is -2.11. The number of methoxy groups -OCH3 is 2. The van der Waals surface area contributed by atoms with Crippen molar-refractivity contribution in [2.45, 2.75) is 12.8 Å². The van der Waals surface area contributed by atoms with Crippen molar-refractivity contribution < 1.29 is 14.3 Å². The monoisotopic (exact) mass is 245 g/mol. The summed E-state index contributed by atoms with van der Waals surface area (Å²) in [5.41, 5.74) is 0.994. The molecule has 0 amide bonds. The smallest absolute Gasteiger partial charge is 0.305 e. The highest BCUT2D eigenvalue weighted by Crippen LogP contribution is 2.28. The Balaban J connectivity index is 2.41. The van der Waals surface area contributed by atoms with Crippen LogP contribution in [-0.2, 0) is 16.0 Å². The summed E-state index contributed by atoms with van der Waals surface area (Å²) in [7, 11) is 3.02. The third-order valence-electron chi connectivity index (χ3n) is 2.92. The largest absolute Gasteiger partial charge is 0.496 e. The van der Waals surface area contributed by atoms with Crippen LogP contribution in [0.4, 0.5) is 0 Å². The molecule has 0 unspecified atom stereocenters. The normalized spacial score (nSPS) is 10.3. The van der Waals surface area contributed by atoms with Crippen molar-refractivity contribution in [3.05, 3.63) is 36.2 Å². The predicted octanol–water partition coefficient (Wildman–Crippen LogP) is 2.35. The summed E-state index contributed by atoms with van der Waals surface area (Å²) in [5.74, 6) is 0.553. The minimum absolute atomic E-state index is 0.224. The van der Waals surface area contributed by atoms with Gasteiger partial charge in [-0.15, -0.1) is 0 Å². The van der Waals surface area contributed by atoms with Gasteiger partial charge in [0.1, 0.15) is 5.75 Å². The molecular weight excluding hydrogens is 230 g/mol. The molecule has 0 N–H and O–H groups in total. The molecule has 1 aromatic carbocycles. The quantitative estimate of drug-likeness (QED) is 0.776. The number of hydrogen-bond acceptors (Lipinski definition) is 4. The Labute approximate surface area is 106 Å². The van der Waals surface area contributed by atoms with E-state index in [2.05, 4.69) is 9.72 Å². The summed E-state index contributed by atoms with van der Waals surface area (Å²) in [6.07, 6.45) is 4.46. The summed E-state index contributed by atoms with van der Waals surface area (Å²) in [6, 6.07) is 5.84. The van der Waals surface area contributed by atoms with E-state index in [4.69, 9.17) is 4.74 Å². The molecule has 0 aliphatic carbocycles. The summed E-state index contributed by atoms with van der Waals surface area (Å²) in [4.78, 5) is 15.4. The van der Waals surface area contributed by atoms with Crippen molar-refractivity contribution in [1.29, 1.82) is 0 Å². The third kappa shape index (κ3) is 2.42. The van der Waals surface area contributed by atoms with Gasteiger partial charge in [0.2, 0.25) is 0 Å². The molecule has 0 atom stereocenters. The lowest BCUT2D eigenvalue weighted by molar-refractivity contribution is -0.140. The van der Waals surface area contributed by atoms with Gasteiger partial charge in [-0.2, -0.15) is 0 Å². The van der Waals surface area contributed by atoms with Crippen LogP contribution < -0.4 is 4.74 Å². The Morgan fingerprint density at radius 3 is 2.83 bits per heavy atom. The number of nitrogens with zero attached hydrogens (tertiary/aromatic N) is 1. The predicted molar refractivity (Wildman–Crippen MR) is 68.6 cm³/mol. The van der Waals surface area contributed by atoms with Crippen LogP contribution in [0.5, 0.6) is 5.75 Å². The SMILES string of the molecule is COC(=O)CCc1c(OC)ccc2ccncc12. The molecule has 0 saturated heterocycles. The summed E-state index contributed by atoms with van der Waals surface area (Å²) >= 11 is 0. The third-order valence-corrected chi connectivity index (χ3v) is 2.92. The van der Waals surface area contributed by atoms with E-state index in [1.165, 1.54) is 7.11 Å². The fourth-order valence-electron chi connectivity index (χ4n) is 1.98. The van der Waals surface area contributed by atoms with E-state index in [0.717, 1.165) is 22.1 Å². The van der Waals surface area contributed by atoms with Crippen molar-refractivity contribution >= 4 is 16.7 Å². The Morgan fingerprint density at radius 1 is 1.28 bits per heavy atom. The number of ether oxygens (including phenoxy) is 2. The highest BCUT2D eigenvalue weighted by atomic mass is 16.5. The van der Waals surface area contributed by atoms with Crippen LogP contribution in [0.2, 0.25) is 0 Å². The van der Waals surface area contributed by atoms with E-state index in [1.807, 2.05) is 18.2 Å². The lowest BCUT2D eigenvalue weighted by atomic mass is 10.0. The Hall–Kier alpha value is -2.10. The molecule has 0 radical (unpaired) electrons. The van der Waals surface area contributed by atoms with Gasteiger partial charge in [0.05, 0.1) is 14.2 Å². The second-order valence-electron chi connectivity index (χ2n) is 3.92. The van der Waals surface area contributed by atoms with Gasteiger partial charge >= 0.3 is 5.97 Å². The number of carbonyl (C=O) groups is 1. The molecule has 1 aromatic heterocycles. The van der Waals surface area contributed by atoms with Crippen LogP contribution in [0.25, 0.3) is 10.8 Å². The Kier molecular flexibility index (Phi) is 3.77. The molecule has 4 heteroatoms. The zero-order valence-electron chi connectivity index (χ0n) is 10.5. The van der Waals surface area contributed by atoms with Crippen molar-refractivity contribution in [3.63, 3.8) is 0 Å². The van der Waals surface area contributed by atoms with Crippen LogP contribution in [0.1, 0.15) is 12.0 Å². The van der Waals surface area contributed by atoms with Crippen LogP contribution >= 0.6 is 0 Å². The second-order valence-corrected chi connectivity index (χ2v) is 3.92. The number of rotatable bonds is 4. The fourth-order valence-corrected chi connectivity index (χ4v) is 1.98. The highest BCUT2D eigenvalue weighted by molar-refractivity contribution is 5.87. The molecule has 94 valence electrons. The van der Waals surface area contributed by atoms with E-state index >= 15 is 0 Å². The first-order valence-corrected chi connectivity index (χ1v) is 5.72. The van der Waals surface area contributed by atoms with E-state index in [1.54, 1.807) is 19.5 Å². The van der Waals surface area contributed by atoms with Gasteiger partial charge in [-0.3, -0.25) is 9.78 Å². The van der Waals surface area contributed by atoms with Gasteiger partial charge in [-0.1, -0.05) is 6.07 Å². The van der Waals surface area contributed by atoms with E-state index in [0.29, 0.717) is 12.8 Å². The fraction of sp³-hybridized carbons (Fsp3) is 0.286. The molecule has 2 rings (SSSR count). The number of carbonyl (C=O) groups excluding carboxylic acids is 1. The van der Waals surface area contributed by atoms with Gasteiger partial charge in [-0.25, -0.2) is 0 Å². The molecule has 18 heavy (non-hydrogen) atoms. The number of benzene rings is 1. The van der Waals surface area contributed by atoms with Crippen LogP contribution in [-0.4, -0.2) is 25.2 Å². The summed E-state index contributed by atoms with van der Waals surface area (Å²) < 4.78 is 10.0. The number of hydrogen-bond donors (Lipinski definition) is 0. The second kappa shape index (κ2) is 5.49. The topological polar surface area (TPSA) is 48.4 Å². The maximum absolute atomic E-state index is 11.2. The molecule has 0 bridgehead atoms. The van der Waals surface area contributed by atoms with Gasteiger partial charge in [-0.05, 0) is 23.9 Å².